The number of hydrogen-bond acceptors (Lipinski definition) is 5. The molecule has 0 radical (unpaired) electrons. The number of hydrogen-bond donors (Lipinski definition) is 0. The minimum Gasteiger partial charge on any atom is -0.487 e. The molecule has 25 heavy (non-hydrogen) atoms. The molecule has 0 spiro atoms. The molecule has 3 rings (SSSR count). The van der Waals surface area contributed by atoms with Crippen molar-refractivity contribution in [3.8, 4) is 5.75 Å². The molecule has 0 aliphatic rings. The number of fused-ring (bicyclic) bond motifs is 1. The zero-order valence-corrected chi connectivity index (χ0v) is 14.4. The number of methoxy groups -OCH3 is 1. The standard InChI is InChI=1S/C19H15ClO5/c1-11-6-18(21)25-16-9-17(15(20)8-14(11)16)24-10-12-4-3-5-13(7-12)19(22)23-2/h3-9H,10H2,1-2H3. The van der Waals surface area contributed by atoms with E-state index < -0.39 is 11.6 Å². The zero-order valence-electron chi connectivity index (χ0n) is 13.7. The van der Waals surface area contributed by atoms with Crippen LogP contribution in [0.2, 0.25) is 5.02 Å². The van der Waals surface area contributed by atoms with E-state index in [1.165, 1.54) is 13.2 Å². The van der Waals surface area contributed by atoms with Crippen LogP contribution >= 0.6 is 11.6 Å². The molecule has 0 aliphatic heterocycles. The molecule has 0 bridgehead atoms. The van der Waals surface area contributed by atoms with Crippen molar-refractivity contribution >= 4 is 28.5 Å². The van der Waals surface area contributed by atoms with Gasteiger partial charge in [-0.3, -0.25) is 0 Å². The third-order valence-electron chi connectivity index (χ3n) is 3.75. The lowest BCUT2D eigenvalue weighted by Gasteiger charge is -2.10. The summed E-state index contributed by atoms with van der Waals surface area (Å²) in [6.07, 6.45) is 0. The normalized spacial score (nSPS) is 10.7. The van der Waals surface area contributed by atoms with Crippen LogP contribution in [-0.2, 0) is 11.3 Å². The van der Waals surface area contributed by atoms with Crippen LogP contribution in [-0.4, -0.2) is 13.1 Å². The molecule has 128 valence electrons. The van der Waals surface area contributed by atoms with Crippen LogP contribution in [0, 0.1) is 6.92 Å². The topological polar surface area (TPSA) is 65.7 Å². The van der Waals surface area contributed by atoms with Gasteiger partial charge in [0.05, 0.1) is 17.7 Å². The molecule has 1 aromatic heterocycles. The minimum atomic E-state index is -0.427. The van der Waals surface area contributed by atoms with Crippen LogP contribution in [0.5, 0.6) is 5.75 Å². The summed E-state index contributed by atoms with van der Waals surface area (Å²) >= 11 is 6.27. The van der Waals surface area contributed by atoms with Gasteiger partial charge in [-0.15, -0.1) is 0 Å². The smallest absolute Gasteiger partial charge is 0.337 e. The Morgan fingerprint density at radius 3 is 2.76 bits per heavy atom. The number of carbonyl (C=O) groups is 1. The fourth-order valence-electron chi connectivity index (χ4n) is 2.50. The second kappa shape index (κ2) is 6.99. The lowest BCUT2D eigenvalue weighted by molar-refractivity contribution is 0.0600. The first-order chi connectivity index (χ1) is 12.0. The summed E-state index contributed by atoms with van der Waals surface area (Å²) in [6.45, 7) is 2.01. The third-order valence-corrected chi connectivity index (χ3v) is 4.04. The lowest BCUT2D eigenvalue weighted by Crippen LogP contribution is -2.03. The van der Waals surface area contributed by atoms with Gasteiger partial charge in [0.2, 0.25) is 0 Å². The van der Waals surface area contributed by atoms with Gasteiger partial charge in [0.1, 0.15) is 17.9 Å². The SMILES string of the molecule is COC(=O)c1cccc(COc2cc3oc(=O)cc(C)c3cc2Cl)c1. The van der Waals surface area contributed by atoms with Crippen LogP contribution in [0.1, 0.15) is 21.5 Å². The largest absolute Gasteiger partial charge is 0.487 e. The molecular formula is C19H15ClO5. The number of benzene rings is 2. The summed E-state index contributed by atoms with van der Waals surface area (Å²) in [4.78, 5) is 23.1. The van der Waals surface area contributed by atoms with Crippen molar-refractivity contribution in [2.75, 3.05) is 7.11 Å². The zero-order chi connectivity index (χ0) is 18.0. The molecule has 0 saturated carbocycles. The fourth-order valence-corrected chi connectivity index (χ4v) is 2.72. The Morgan fingerprint density at radius 1 is 1.20 bits per heavy atom. The molecular weight excluding hydrogens is 344 g/mol. The molecule has 1 heterocycles. The number of esters is 1. The highest BCUT2D eigenvalue weighted by molar-refractivity contribution is 6.32. The van der Waals surface area contributed by atoms with Gasteiger partial charge in [0.25, 0.3) is 0 Å². The number of ether oxygens (including phenoxy) is 2. The summed E-state index contributed by atoms with van der Waals surface area (Å²) in [5.41, 5.74) is 1.99. The van der Waals surface area contributed by atoms with E-state index in [1.807, 2.05) is 13.0 Å². The molecule has 0 saturated heterocycles. The van der Waals surface area contributed by atoms with E-state index in [1.54, 1.807) is 30.3 Å². The second-order valence-corrected chi connectivity index (χ2v) is 5.92. The highest BCUT2D eigenvalue weighted by Gasteiger charge is 2.10. The van der Waals surface area contributed by atoms with Crippen LogP contribution in [0.3, 0.4) is 0 Å². The highest BCUT2D eigenvalue weighted by Crippen LogP contribution is 2.31. The maximum absolute atomic E-state index is 11.6. The Hall–Kier alpha value is -2.79. The molecule has 0 aliphatic carbocycles. The highest BCUT2D eigenvalue weighted by atomic mass is 35.5. The van der Waals surface area contributed by atoms with Gasteiger partial charge in [-0.1, -0.05) is 23.7 Å². The van der Waals surface area contributed by atoms with Crippen LogP contribution < -0.4 is 10.4 Å². The summed E-state index contributed by atoms with van der Waals surface area (Å²) in [7, 11) is 1.33. The summed E-state index contributed by atoms with van der Waals surface area (Å²) in [5.74, 6) is -0.0192. The van der Waals surface area contributed by atoms with E-state index in [4.69, 9.17) is 25.5 Å². The summed E-state index contributed by atoms with van der Waals surface area (Å²) < 4.78 is 15.6. The van der Waals surface area contributed by atoms with Crippen molar-refractivity contribution in [3.63, 3.8) is 0 Å². The molecule has 6 heteroatoms. The Balaban J connectivity index is 1.87. The van der Waals surface area contributed by atoms with E-state index in [0.717, 1.165) is 16.5 Å². The van der Waals surface area contributed by atoms with E-state index in [2.05, 4.69) is 0 Å². The molecule has 0 atom stereocenters. The summed E-state index contributed by atoms with van der Waals surface area (Å²) in [5, 5.41) is 1.17. The van der Waals surface area contributed by atoms with Crippen molar-refractivity contribution in [3.05, 3.63) is 74.6 Å². The first-order valence-corrected chi connectivity index (χ1v) is 7.90. The molecule has 0 unspecified atom stereocenters. The van der Waals surface area contributed by atoms with Crippen LogP contribution in [0.15, 0.2) is 51.7 Å². The van der Waals surface area contributed by atoms with Gasteiger partial charge in [0, 0.05) is 17.5 Å². The molecule has 3 aromatic rings. The first kappa shape index (κ1) is 17.0. The Kier molecular flexibility index (Phi) is 4.76. The van der Waals surface area contributed by atoms with Gasteiger partial charge >= 0.3 is 11.6 Å². The molecule has 0 amide bonds. The van der Waals surface area contributed by atoms with E-state index in [9.17, 15) is 9.59 Å². The number of rotatable bonds is 4. The fraction of sp³-hybridized carbons (Fsp3) is 0.158. The van der Waals surface area contributed by atoms with Crippen molar-refractivity contribution in [1.29, 1.82) is 0 Å². The lowest BCUT2D eigenvalue weighted by atomic mass is 10.1. The first-order valence-electron chi connectivity index (χ1n) is 7.52. The quantitative estimate of drug-likeness (QED) is 0.518. The van der Waals surface area contributed by atoms with Crippen LogP contribution in [0.4, 0.5) is 0 Å². The average Bonchev–Trinajstić information content (AvgIpc) is 2.60. The third kappa shape index (κ3) is 3.67. The van der Waals surface area contributed by atoms with Crippen molar-refractivity contribution in [1.82, 2.24) is 0 Å². The van der Waals surface area contributed by atoms with E-state index >= 15 is 0 Å². The van der Waals surface area contributed by atoms with Crippen LogP contribution in [0.25, 0.3) is 11.0 Å². The maximum atomic E-state index is 11.6. The number of carbonyl (C=O) groups excluding carboxylic acids is 1. The molecule has 0 N–H and O–H groups in total. The minimum absolute atomic E-state index is 0.201. The van der Waals surface area contributed by atoms with Crippen molar-refractivity contribution in [2.24, 2.45) is 0 Å². The number of halogens is 1. The molecule has 0 fully saturated rings. The van der Waals surface area contributed by atoms with Crippen molar-refractivity contribution in [2.45, 2.75) is 13.5 Å². The van der Waals surface area contributed by atoms with Gasteiger partial charge < -0.3 is 13.9 Å². The summed E-state index contributed by atoms with van der Waals surface area (Å²) in [6, 6.07) is 11.6. The molecule has 2 aromatic carbocycles. The van der Waals surface area contributed by atoms with E-state index in [0.29, 0.717) is 21.9 Å². The monoisotopic (exact) mass is 358 g/mol. The van der Waals surface area contributed by atoms with Gasteiger partial charge in [-0.25, -0.2) is 9.59 Å². The van der Waals surface area contributed by atoms with Gasteiger partial charge in [-0.05, 0) is 36.2 Å². The Morgan fingerprint density at radius 2 is 2.00 bits per heavy atom. The second-order valence-electron chi connectivity index (χ2n) is 5.51. The van der Waals surface area contributed by atoms with Crippen molar-refractivity contribution < 1.29 is 18.7 Å². The van der Waals surface area contributed by atoms with E-state index in [-0.39, 0.29) is 6.61 Å². The Bertz CT molecular complexity index is 1010. The Labute approximate surface area is 148 Å². The maximum Gasteiger partial charge on any atom is 0.337 e. The predicted octanol–water partition coefficient (Wildman–Crippen LogP) is 4.12. The number of aryl methyl sites for hydroxylation is 1. The molecule has 5 nitrogen and oxygen atoms in total. The van der Waals surface area contributed by atoms with Gasteiger partial charge in [0.15, 0.2) is 0 Å². The average molecular weight is 359 g/mol. The van der Waals surface area contributed by atoms with Gasteiger partial charge in [-0.2, -0.15) is 0 Å². The predicted molar refractivity (Wildman–Crippen MR) is 94.3 cm³/mol.